The Bertz CT molecular complexity index is 606. The Morgan fingerprint density at radius 3 is 2.80 bits per heavy atom. The third kappa shape index (κ3) is 2.92. The molecule has 2 aromatic carbocycles. The Labute approximate surface area is 125 Å². The van der Waals surface area contributed by atoms with Crippen LogP contribution >= 0.6 is 11.8 Å². The van der Waals surface area contributed by atoms with Crippen LogP contribution in [0, 0.1) is 13.8 Å². The fraction of sp³-hybridized carbons (Fsp3) is 0.333. The van der Waals surface area contributed by atoms with E-state index < -0.39 is 0 Å². The average Bonchev–Trinajstić information content (AvgIpc) is 2.48. The standard InChI is InChI=1S/C18H21NS/c1-13-7-8-15(11-14(13)2)12-19-17-9-10-20-18-6-4-3-5-16(17)18/h3-8,11,17,19H,9-10,12H2,1-2H3. The zero-order valence-electron chi connectivity index (χ0n) is 12.1. The molecule has 1 aliphatic heterocycles. The monoisotopic (exact) mass is 283 g/mol. The van der Waals surface area contributed by atoms with Gasteiger partial charge in [0.15, 0.2) is 0 Å². The van der Waals surface area contributed by atoms with Crippen LogP contribution in [0.2, 0.25) is 0 Å². The molecule has 1 N–H and O–H groups in total. The van der Waals surface area contributed by atoms with Crippen LogP contribution < -0.4 is 5.32 Å². The van der Waals surface area contributed by atoms with Crippen LogP contribution in [0.4, 0.5) is 0 Å². The van der Waals surface area contributed by atoms with Crippen molar-refractivity contribution in [2.75, 3.05) is 5.75 Å². The van der Waals surface area contributed by atoms with Crippen LogP contribution in [0.3, 0.4) is 0 Å². The van der Waals surface area contributed by atoms with Gasteiger partial charge in [0.1, 0.15) is 0 Å². The van der Waals surface area contributed by atoms with Crippen LogP contribution in [0.1, 0.15) is 34.7 Å². The molecule has 20 heavy (non-hydrogen) atoms. The van der Waals surface area contributed by atoms with Gasteiger partial charge in [0.2, 0.25) is 0 Å². The third-order valence-electron chi connectivity index (χ3n) is 4.08. The Balaban J connectivity index is 1.71. The van der Waals surface area contributed by atoms with Crippen molar-refractivity contribution in [3.05, 3.63) is 64.7 Å². The number of fused-ring (bicyclic) bond motifs is 1. The van der Waals surface area contributed by atoms with Crippen LogP contribution in [-0.4, -0.2) is 5.75 Å². The van der Waals surface area contributed by atoms with Gasteiger partial charge in [-0.1, -0.05) is 36.4 Å². The van der Waals surface area contributed by atoms with Gasteiger partial charge in [-0.3, -0.25) is 0 Å². The lowest BCUT2D eigenvalue weighted by atomic mass is 10.0. The van der Waals surface area contributed by atoms with Crippen molar-refractivity contribution < 1.29 is 0 Å². The van der Waals surface area contributed by atoms with Crippen molar-refractivity contribution >= 4 is 11.8 Å². The molecule has 1 nitrogen and oxygen atoms in total. The van der Waals surface area contributed by atoms with E-state index >= 15 is 0 Å². The van der Waals surface area contributed by atoms with E-state index in [-0.39, 0.29) is 0 Å². The number of rotatable bonds is 3. The molecule has 0 spiro atoms. The molecule has 0 amide bonds. The summed E-state index contributed by atoms with van der Waals surface area (Å²) in [5.74, 6) is 1.21. The molecule has 0 bridgehead atoms. The average molecular weight is 283 g/mol. The minimum atomic E-state index is 0.494. The molecule has 1 unspecified atom stereocenters. The predicted octanol–water partition coefficient (Wildman–Crippen LogP) is 4.63. The van der Waals surface area contributed by atoms with Crippen LogP contribution in [0.15, 0.2) is 47.4 Å². The summed E-state index contributed by atoms with van der Waals surface area (Å²) < 4.78 is 0. The minimum Gasteiger partial charge on any atom is -0.306 e. The molecule has 0 saturated carbocycles. The topological polar surface area (TPSA) is 12.0 Å². The maximum Gasteiger partial charge on any atom is 0.0342 e. The summed E-state index contributed by atoms with van der Waals surface area (Å²) in [4.78, 5) is 1.44. The summed E-state index contributed by atoms with van der Waals surface area (Å²) >= 11 is 1.98. The first kappa shape index (κ1) is 13.7. The third-order valence-corrected chi connectivity index (χ3v) is 5.21. The van der Waals surface area contributed by atoms with Crippen LogP contribution in [0.25, 0.3) is 0 Å². The zero-order chi connectivity index (χ0) is 13.9. The fourth-order valence-electron chi connectivity index (χ4n) is 2.71. The van der Waals surface area contributed by atoms with Crippen molar-refractivity contribution in [1.29, 1.82) is 0 Å². The number of thioether (sulfide) groups is 1. The van der Waals surface area contributed by atoms with E-state index in [2.05, 4.69) is 61.6 Å². The highest BCUT2D eigenvalue weighted by Crippen LogP contribution is 2.35. The van der Waals surface area contributed by atoms with Gasteiger partial charge in [-0.2, -0.15) is 0 Å². The summed E-state index contributed by atoms with van der Waals surface area (Å²) in [7, 11) is 0. The van der Waals surface area contributed by atoms with Crippen molar-refractivity contribution in [3.63, 3.8) is 0 Å². The first-order chi connectivity index (χ1) is 9.74. The molecule has 1 heterocycles. The molecule has 1 atom stereocenters. The molecule has 1 aliphatic rings. The smallest absolute Gasteiger partial charge is 0.0342 e. The number of hydrogen-bond acceptors (Lipinski definition) is 2. The molecule has 0 radical (unpaired) electrons. The summed E-state index contributed by atoms with van der Waals surface area (Å²) in [6.45, 7) is 5.30. The van der Waals surface area contributed by atoms with Crippen molar-refractivity contribution in [1.82, 2.24) is 5.32 Å². The first-order valence-corrected chi connectivity index (χ1v) is 8.24. The lowest BCUT2D eigenvalue weighted by Gasteiger charge is -2.26. The largest absolute Gasteiger partial charge is 0.306 e. The maximum atomic E-state index is 3.73. The first-order valence-electron chi connectivity index (χ1n) is 7.25. The molecule has 0 aromatic heterocycles. The summed E-state index contributed by atoms with van der Waals surface area (Å²) in [6, 6.07) is 16.0. The second-order valence-electron chi connectivity index (χ2n) is 5.53. The summed E-state index contributed by atoms with van der Waals surface area (Å²) in [6.07, 6.45) is 1.21. The quantitative estimate of drug-likeness (QED) is 0.881. The molecule has 0 fully saturated rings. The van der Waals surface area contributed by atoms with E-state index in [1.54, 1.807) is 0 Å². The van der Waals surface area contributed by atoms with Gasteiger partial charge in [-0.25, -0.2) is 0 Å². The van der Waals surface area contributed by atoms with Crippen molar-refractivity contribution in [3.8, 4) is 0 Å². The van der Waals surface area contributed by atoms with Gasteiger partial charge in [0.05, 0.1) is 0 Å². The van der Waals surface area contributed by atoms with E-state index in [0.717, 1.165) is 6.54 Å². The van der Waals surface area contributed by atoms with Gasteiger partial charge >= 0.3 is 0 Å². The Hall–Kier alpha value is -1.25. The van der Waals surface area contributed by atoms with Gasteiger partial charge in [-0.05, 0) is 54.3 Å². The van der Waals surface area contributed by atoms with Crippen LogP contribution in [0.5, 0.6) is 0 Å². The van der Waals surface area contributed by atoms with Crippen molar-refractivity contribution in [2.24, 2.45) is 0 Å². The Morgan fingerprint density at radius 1 is 1.10 bits per heavy atom. The lowest BCUT2D eigenvalue weighted by Crippen LogP contribution is -2.24. The van der Waals surface area contributed by atoms with E-state index in [4.69, 9.17) is 0 Å². The molecule has 0 saturated heterocycles. The van der Waals surface area contributed by atoms with E-state index in [1.807, 2.05) is 11.8 Å². The maximum absolute atomic E-state index is 3.73. The molecular formula is C18H21NS. The Morgan fingerprint density at radius 2 is 1.95 bits per heavy atom. The van der Waals surface area contributed by atoms with E-state index in [9.17, 15) is 0 Å². The highest BCUT2D eigenvalue weighted by atomic mass is 32.2. The predicted molar refractivity (Wildman–Crippen MR) is 87.3 cm³/mol. The molecular weight excluding hydrogens is 262 g/mol. The van der Waals surface area contributed by atoms with Crippen LogP contribution in [-0.2, 0) is 6.54 Å². The normalized spacial score (nSPS) is 17.8. The van der Waals surface area contributed by atoms with Gasteiger partial charge < -0.3 is 5.32 Å². The SMILES string of the molecule is Cc1ccc(CNC2CCSc3ccccc32)cc1C. The van der Waals surface area contributed by atoms with E-state index in [0.29, 0.717) is 6.04 Å². The zero-order valence-corrected chi connectivity index (χ0v) is 13.0. The number of hydrogen-bond donors (Lipinski definition) is 1. The molecule has 0 aliphatic carbocycles. The number of nitrogens with one attached hydrogen (secondary N) is 1. The second kappa shape index (κ2) is 6.02. The fourth-order valence-corrected chi connectivity index (χ4v) is 3.83. The molecule has 3 rings (SSSR count). The number of benzene rings is 2. The van der Waals surface area contributed by atoms with E-state index in [1.165, 1.54) is 39.3 Å². The lowest BCUT2D eigenvalue weighted by molar-refractivity contribution is 0.510. The summed E-state index contributed by atoms with van der Waals surface area (Å²) in [5, 5.41) is 3.73. The van der Waals surface area contributed by atoms with Gasteiger partial charge in [-0.15, -0.1) is 11.8 Å². The highest BCUT2D eigenvalue weighted by molar-refractivity contribution is 7.99. The molecule has 2 aromatic rings. The second-order valence-corrected chi connectivity index (χ2v) is 6.66. The molecule has 104 valence electrons. The molecule has 2 heteroatoms. The highest BCUT2D eigenvalue weighted by Gasteiger charge is 2.19. The Kier molecular flexibility index (Phi) is 4.13. The van der Waals surface area contributed by atoms with Gasteiger partial charge in [0.25, 0.3) is 0 Å². The minimum absolute atomic E-state index is 0.494. The van der Waals surface area contributed by atoms with Gasteiger partial charge in [0, 0.05) is 17.5 Å². The summed E-state index contributed by atoms with van der Waals surface area (Å²) in [5.41, 5.74) is 5.59. The number of aryl methyl sites for hydroxylation is 2. The van der Waals surface area contributed by atoms with Crippen molar-refractivity contribution in [2.45, 2.75) is 37.8 Å².